The van der Waals surface area contributed by atoms with E-state index in [9.17, 15) is 9.59 Å². The van der Waals surface area contributed by atoms with Gasteiger partial charge < -0.3 is 10.2 Å². The quantitative estimate of drug-likeness (QED) is 0.925. The second-order valence-corrected chi connectivity index (χ2v) is 6.42. The van der Waals surface area contributed by atoms with Crippen LogP contribution in [0.2, 0.25) is 0 Å². The van der Waals surface area contributed by atoms with E-state index in [0.29, 0.717) is 13.0 Å². The molecule has 0 aliphatic carbocycles. The molecule has 1 aliphatic rings. The molecule has 1 aliphatic heterocycles. The first-order chi connectivity index (χ1) is 10.1. The molecular weight excluding hydrogens is 286 g/mol. The van der Waals surface area contributed by atoms with Crippen LogP contribution < -0.4 is 10.2 Å². The number of anilines is 1. The minimum Gasteiger partial charge on any atom is -0.344 e. The summed E-state index contributed by atoms with van der Waals surface area (Å²) in [6.07, 6.45) is 0.329. The molecule has 2 heterocycles. The molecule has 21 heavy (non-hydrogen) atoms. The Kier molecular flexibility index (Phi) is 3.63. The average Bonchev–Trinajstić information content (AvgIpc) is 2.86. The van der Waals surface area contributed by atoms with Crippen LogP contribution in [0.1, 0.15) is 20.3 Å². The number of carbonyl (C=O) groups is 2. The molecule has 1 N–H and O–H groups in total. The summed E-state index contributed by atoms with van der Waals surface area (Å²) in [6, 6.07) is 5.32. The zero-order valence-electron chi connectivity index (χ0n) is 12.0. The standard InChI is InChI=1S/C15H17N3O2S/c1-9(2)14-15(20)18(6-5-13(19)17-14)10-3-4-11-12(7-10)21-8-16-11/h3-4,7-9,14H,5-6H2,1-2H3,(H,17,19). The third-order valence-corrected chi connectivity index (χ3v) is 4.50. The molecule has 5 nitrogen and oxygen atoms in total. The number of nitrogens with one attached hydrogen (secondary N) is 1. The molecule has 0 radical (unpaired) electrons. The van der Waals surface area contributed by atoms with Gasteiger partial charge in [0.25, 0.3) is 0 Å². The molecule has 1 atom stereocenters. The number of aromatic nitrogens is 1. The van der Waals surface area contributed by atoms with Gasteiger partial charge in [-0.05, 0) is 24.1 Å². The van der Waals surface area contributed by atoms with Crippen LogP contribution in [0.4, 0.5) is 5.69 Å². The SMILES string of the molecule is CC(C)C1NC(=O)CCN(c2ccc3ncsc3c2)C1=O. The Bertz CT molecular complexity index is 695. The van der Waals surface area contributed by atoms with Crippen LogP contribution in [0.25, 0.3) is 10.2 Å². The zero-order chi connectivity index (χ0) is 15.0. The summed E-state index contributed by atoms with van der Waals surface area (Å²) < 4.78 is 1.05. The number of nitrogens with zero attached hydrogens (tertiary/aromatic N) is 2. The number of rotatable bonds is 2. The lowest BCUT2D eigenvalue weighted by Gasteiger charge is -2.26. The smallest absolute Gasteiger partial charge is 0.249 e. The van der Waals surface area contributed by atoms with Gasteiger partial charge in [0, 0.05) is 18.7 Å². The fraction of sp³-hybridized carbons (Fsp3) is 0.400. The largest absolute Gasteiger partial charge is 0.344 e. The fourth-order valence-corrected chi connectivity index (χ4v) is 3.23. The zero-order valence-corrected chi connectivity index (χ0v) is 12.8. The van der Waals surface area contributed by atoms with Crippen LogP contribution in [0.5, 0.6) is 0 Å². The van der Waals surface area contributed by atoms with E-state index in [1.807, 2.05) is 32.0 Å². The van der Waals surface area contributed by atoms with Crippen LogP contribution in [0.15, 0.2) is 23.7 Å². The van der Waals surface area contributed by atoms with Crippen LogP contribution >= 0.6 is 11.3 Å². The van der Waals surface area contributed by atoms with Crippen LogP contribution in [0.3, 0.4) is 0 Å². The molecule has 3 rings (SSSR count). The summed E-state index contributed by atoms with van der Waals surface area (Å²) >= 11 is 1.55. The Morgan fingerprint density at radius 3 is 2.95 bits per heavy atom. The summed E-state index contributed by atoms with van der Waals surface area (Å²) in [5.74, 6) is -0.0441. The van der Waals surface area contributed by atoms with Gasteiger partial charge in [0.2, 0.25) is 11.8 Å². The van der Waals surface area contributed by atoms with Gasteiger partial charge in [-0.25, -0.2) is 4.98 Å². The lowest BCUT2D eigenvalue weighted by molar-refractivity contribution is -0.126. The van der Waals surface area contributed by atoms with E-state index in [-0.39, 0.29) is 17.7 Å². The van der Waals surface area contributed by atoms with Crippen LogP contribution in [-0.2, 0) is 9.59 Å². The molecule has 1 aromatic heterocycles. The monoisotopic (exact) mass is 303 g/mol. The maximum absolute atomic E-state index is 12.7. The maximum atomic E-state index is 12.7. The Morgan fingerprint density at radius 2 is 2.19 bits per heavy atom. The first-order valence-corrected chi connectivity index (χ1v) is 7.88. The predicted molar refractivity (Wildman–Crippen MR) is 83.4 cm³/mol. The molecule has 0 saturated carbocycles. The van der Waals surface area contributed by atoms with Gasteiger partial charge in [-0.3, -0.25) is 9.59 Å². The Labute approximate surface area is 127 Å². The van der Waals surface area contributed by atoms with Crippen molar-refractivity contribution in [1.29, 1.82) is 0 Å². The Hall–Kier alpha value is -1.95. The third-order valence-electron chi connectivity index (χ3n) is 3.70. The van der Waals surface area contributed by atoms with Gasteiger partial charge in [0.15, 0.2) is 0 Å². The lowest BCUT2D eigenvalue weighted by atomic mass is 10.0. The molecule has 110 valence electrons. The molecule has 0 spiro atoms. The normalized spacial score (nSPS) is 20.0. The van der Waals surface area contributed by atoms with Crippen LogP contribution in [-0.4, -0.2) is 29.4 Å². The number of amides is 2. The molecule has 6 heteroatoms. The highest BCUT2D eigenvalue weighted by Crippen LogP contribution is 2.26. The molecule has 1 fully saturated rings. The van der Waals surface area contributed by atoms with Gasteiger partial charge in [-0.1, -0.05) is 13.8 Å². The number of carbonyl (C=O) groups excluding carboxylic acids is 2. The van der Waals surface area contributed by atoms with E-state index in [4.69, 9.17) is 0 Å². The summed E-state index contributed by atoms with van der Waals surface area (Å²) in [4.78, 5) is 30.5. The van der Waals surface area contributed by atoms with Crippen molar-refractivity contribution in [3.8, 4) is 0 Å². The van der Waals surface area contributed by atoms with E-state index < -0.39 is 6.04 Å². The number of fused-ring (bicyclic) bond motifs is 1. The summed E-state index contributed by atoms with van der Waals surface area (Å²) in [7, 11) is 0. The summed E-state index contributed by atoms with van der Waals surface area (Å²) in [5.41, 5.74) is 3.56. The van der Waals surface area contributed by atoms with Crippen LogP contribution in [0, 0.1) is 5.92 Å². The molecule has 1 aromatic carbocycles. The third kappa shape index (κ3) is 2.63. The number of benzene rings is 1. The van der Waals surface area contributed by atoms with Crippen molar-refractivity contribution < 1.29 is 9.59 Å². The van der Waals surface area contributed by atoms with Crippen molar-refractivity contribution in [3.05, 3.63) is 23.7 Å². The first-order valence-electron chi connectivity index (χ1n) is 7.00. The average molecular weight is 303 g/mol. The van der Waals surface area contributed by atoms with E-state index >= 15 is 0 Å². The number of hydrogen-bond acceptors (Lipinski definition) is 4. The van der Waals surface area contributed by atoms with Gasteiger partial charge >= 0.3 is 0 Å². The molecule has 1 unspecified atom stereocenters. The van der Waals surface area contributed by atoms with Crippen molar-refractivity contribution in [2.24, 2.45) is 5.92 Å². The van der Waals surface area contributed by atoms with E-state index in [2.05, 4.69) is 10.3 Å². The maximum Gasteiger partial charge on any atom is 0.249 e. The number of thiazole rings is 1. The van der Waals surface area contributed by atoms with Crippen molar-refractivity contribution in [2.45, 2.75) is 26.3 Å². The van der Waals surface area contributed by atoms with Gasteiger partial charge in [0.05, 0.1) is 15.7 Å². The van der Waals surface area contributed by atoms with E-state index in [1.165, 1.54) is 0 Å². The highest BCUT2D eigenvalue weighted by molar-refractivity contribution is 7.16. The van der Waals surface area contributed by atoms with Gasteiger partial charge in [-0.2, -0.15) is 0 Å². The molecule has 2 amide bonds. The Morgan fingerprint density at radius 1 is 1.38 bits per heavy atom. The molecule has 2 aromatic rings. The predicted octanol–water partition coefficient (Wildman–Crippen LogP) is 2.17. The molecular formula is C15H17N3O2S. The second kappa shape index (κ2) is 5.44. The fourth-order valence-electron chi connectivity index (χ4n) is 2.52. The van der Waals surface area contributed by atoms with Crippen molar-refractivity contribution in [1.82, 2.24) is 10.3 Å². The Balaban J connectivity index is 1.98. The van der Waals surface area contributed by atoms with Crippen molar-refractivity contribution >= 4 is 39.1 Å². The molecule has 1 saturated heterocycles. The highest BCUT2D eigenvalue weighted by atomic mass is 32.1. The minimum absolute atomic E-state index is 0.0419. The lowest BCUT2D eigenvalue weighted by Crippen LogP contribution is -2.47. The van der Waals surface area contributed by atoms with Crippen molar-refractivity contribution in [2.75, 3.05) is 11.4 Å². The summed E-state index contributed by atoms with van der Waals surface area (Å²) in [5, 5.41) is 2.82. The summed E-state index contributed by atoms with van der Waals surface area (Å²) in [6.45, 7) is 4.30. The van der Waals surface area contributed by atoms with E-state index in [1.54, 1.807) is 21.7 Å². The second-order valence-electron chi connectivity index (χ2n) is 5.53. The first kappa shape index (κ1) is 14.0. The van der Waals surface area contributed by atoms with Gasteiger partial charge in [-0.15, -0.1) is 11.3 Å². The van der Waals surface area contributed by atoms with E-state index in [0.717, 1.165) is 15.9 Å². The molecule has 0 bridgehead atoms. The minimum atomic E-state index is -0.461. The van der Waals surface area contributed by atoms with Gasteiger partial charge in [0.1, 0.15) is 6.04 Å². The topological polar surface area (TPSA) is 62.3 Å². The number of hydrogen-bond donors (Lipinski definition) is 1. The highest BCUT2D eigenvalue weighted by Gasteiger charge is 2.32. The van der Waals surface area contributed by atoms with Crippen molar-refractivity contribution in [3.63, 3.8) is 0 Å².